The Labute approximate surface area is 203 Å². The number of hydrogen-bond acceptors (Lipinski definition) is 6. The molecule has 0 N–H and O–H groups in total. The monoisotopic (exact) mass is 488 g/mol. The van der Waals surface area contributed by atoms with Gasteiger partial charge in [-0.25, -0.2) is 4.98 Å². The highest BCUT2D eigenvalue weighted by molar-refractivity contribution is 7.22. The van der Waals surface area contributed by atoms with Crippen molar-refractivity contribution in [1.82, 2.24) is 4.98 Å². The molecule has 0 aliphatic carbocycles. The molecule has 34 heavy (non-hydrogen) atoms. The van der Waals surface area contributed by atoms with Crippen LogP contribution in [0.4, 0.5) is 5.13 Å². The Kier molecular flexibility index (Phi) is 4.72. The minimum Gasteiger partial charge on any atom is -0.497 e. The summed E-state index contributed by atoms with van der Waals surface area (Å²) < 4.78 is 12.4. The van der Waals surface area contributed by atoms with E-state index in [4.69, 9.17) is 25.7 Å². The molecule has 0 spiro atoms. The van der Waals surface area contributed by atoms with Crippen molar-refractivity contribution < 1.29 is 13.9 Å². The Morgan fingerprint density at radius 3 is 2.76 bits per heavy atom. The molecule has 0 bridgehead atoms. The number of ether oxygens (including phenoxy) is 1. The van der Waals surface area contributed by atoms with E-state index >= 15 is 0 Å². The maximum absolute atomic E-state index is 13.7. The average molecular weight is 489 g/mol. The van der Waals surface area contributed by atoms with Crippen LogP contribution in [0.1, 0.15) is 33.3 Å². The molecule has 5 aromatic rings. The van der Waals surface area contributed by atoms with Gasteiger partial charge in [-0.05, 0) is 60.5 Å². The zero-order chi connectivity index (χ0) is 23.6. The van der Waals surface area contributed by atoms with Gasteiger partial charge >= 0.3 is 0 Å². The predicted octanol–water partition coefficient (Wildman–Crippen LogP) is 6.12. The quantitative estimate of drug-likeness (QED) is 0.306. The average Bonchev–Trinajstić information content (AvgIpc) is 3.38. The van der Waals surface area contributed by atoms with Crippen LogP contribution in [0.2, 0.25) is 5.02 Å². The van der Waals surface area contributed by atoms with Gasteiger partial charge in [-0.2, -0.15) is 0 Å². The normalized spacial score (nSPS) is 15.3. The molecule has 0 saturated heterocycles. The van der Waals surface area contributed by atoms with E-state index in [0.29, 0.717) is 26.9 Å². The Bertz CT molecular complexity index is 1690. The number of anilines is 1. The first-order valence-corrected chi connectivity index (χ1v) is 11.7. The summed E-state index contributed by atoms with van der Waals surface area (Å²) in [4.78, 5) is 33.7. The maximum Gasteiger partial charge on any atom is 0.297 e. The van der Waals surface area contributed by atoms with Gasteiger partial charge in [0.25, 0.3) is 5.91 Å². The van der Waals surface area contributed by atoms with Crippen LogP contribution in [-0.4, -0.2) is 18.0 Å². The number of benzene rings is 3. The Morgan fingerprint density at radius 2 is 1.94 bits per heavy atom. The number of aromatic nitrogens is 1. The first kappa shape index (κ1) is 20.9. The third-order valence-corrected chi connectivity index (χ3v) is 7.23. The molecule has 3 aromatic carbocycles. The molecule has 0 radical (unpaired) electrons. The lowest BCUT2D eigenvalue weighted by Gasteiger charge is -2.22. The minimum absolute atomic E-state index is 0.0167. The van der Waals surface area contributed by atoms with Gasteiger partial charge in [0.15, 0.2) is 10.6 Å². The number of amides is 1. The fraction of sp³-hybridized carbons (Fsp3) is 0.115. The summed E-state index contributed by atoms with van der Waals surface area (Å²) in [6.45, 7) is 2.01. The lowest BCUT2D eigenvalue weighted by Crippen LogP contribution is -2.29. The molecule has 6 nitrogen and oxygen atoms in total. The molecular weight excluding hydrogens is 472 g/mol. The van der Waals surface area contributed by atoms with Gasteiger partial charge in [-0.15, -0.1) is 0 Å². The summed E-state index contributed by atoms with van der Waals surface area (Å²) in [5.74, 6) is 0.224. The second-order valence-corrected chi connectivity index (χ2v) is 9.58. The predicted molar refractivity (Wildman–Crippen MR) is 133 cm³/mol. The van der Waals surface area contributed by atoms with Crippen molar-refractivity contribution in [2.75, 3.05) is 12.0 Å². The summed E-state index contributed by atoms with van der Waals surface area (Å²) >= 11 is 7.56. The first-order chi connectivity index (χ1) is 16.4. The molecule has 0 fully saturated rings. The van der Waals surface area contributed by atoms with Crippen LogP contribution in [0.3, 0.4) is 0 Å². The van der Waals surface area contributed by atoms with Gasteiger partial charge in [0.1, 0.15) is 11.3 Å². The van der Waals surface area contributed by atoms with E-state index in [1.54, 1.807) is 30.2 Å². The van der Waals surface area contributed by atoms with E-state index in [-0.39, 0.29) is 16.8 Å². The van der Waals surface area contributed by atoms with Gasteiger partial charge < -0.3 is 9.15 Å². The number of thiazole rings is 1. The zero-order valence-electron chi connectivity index (χ0n) is 18.2. The number of hydrogen-bond donors (Lipinski definition) is 0. The highest BCUT2D eigenvalue weighted by Gasteiger charge is 2.45. The summed E-state index contributed by atoms with van der Waals surface area (Å²) in [7, 11) is 1.57. The van der Waals surface area contributed by atoms with E-state index in [1.165, 1.54) is 11.3 Å². The molecule has 1 aliphatic heterocycles. The van der Waals surface area contributed by atoms with Crippen molar-refractivity contribution in [3.63, 3.8) is 0 Å². The summed E-state index contributed by atoms with van der Waals surface area (Å²) in [5, 5.41) is 1.24. The molecule has 0 saturated carbocycles. The largest absolute Gasteiger partial charge is 0.497 e. The molecule has 1 aliphatic rings. The maximum atomic E-state index is 13.7. The number of carbonyl (C=O) groups excluding carboxylic acids is 1. The Balaban J connectivity index is 1.64. The smallest absolute Gasteiger partial charge is 0.297 e. The summed E-state index contributed by atoms with van der Waals surface area (Å²) in [5.41, 5.74) is 2.89. The second-order valence-electron chi connectivity index (χ2n) is 8.14. The molecule has 6 rings (SSSR count). The van der Waals surface area contributed by atoms with Crippen molar-refractivity contribution >= 4 is 55.2 Å². The summed E-state index contributed by atoms with van der Waals surface area (Å²) in [6.07, 6.45) is 0. The third kappa shape index (κ3) is 3.12. The van der Waals surface area contributed by atoms with E-state index in [9.17, 15) is 9.59 Å². The molecule has 1 unspecified atom stereocenters. The molecule has 2 aromatic heterocycles. The second kappa shape index (κ2) is 7.68. The molecule has 1 amide bonds. The van der Waals surface area contributed by atoms with Crippen LogP contribution in [0.25, 0.3) is 21.2 Å². The topological polar surface area (TPSA) is 72.6 Å². The number of methoxy groups -OCH3 is 1. The van der Waals surface area contributed by atoms with Crippen molar-refractivity contribution in [3.8, 4) is 5.75 Å². The van der Waals surface area contributed by atoms with Crippen molar-refractivity contribution in [1.29, 1.82) is 0 Å². The van der Waals surface area contributed by atoms with Crippen LogP contribution < -0.4 is 15.1 Å². The molecule has 1 atom stereocenters. The summed E-state index contributed by atoms with van der Waals surface area (Å²) in [6, 6.07) is 17.3. The fourth-order valence-electron chi connectivity index (χ4n) is 4.39. The van der Waals surface area contributed by atoms with Crippen LogP contribution in [0, 0.1) is 6.92 Å². The van der Waals surface area contributed by atoms with Gasteiger partial charge in [-0.3, -0.25) is 14.5 Å². The number of halogens is 1. The van der Waals surface area contributed by atoms with E-state index < -0.39 is 11.9 Å². The highest BCUT2D eigenvalue weighted by Crippen LogP contribution is 2.44. The van der Waals surface area contributed by atoms with Crippen molar-refractivity contribution in [2.45, 2.75) is 13.0 Å². The van der Waals surface area contributed by atoms with Crippen LogP contribution in [-0.2, 0) is 0 Å². The molecular formula is C26H17ClN2O4S. The van der Waals surface area contributed by atoms with Gasteiger partial charge in [-0.1, -0.05) is 41.1 Å². The van der Waals surface area contributed by atoms with Crippen molar-refractivity contribution in [3.05, 3.63) is 98.4 Å². The minimum atomic E-state index is -0.723. The molecule has 3 heterocycles. The van der Waals surface area contributed by atoms with Crippen LogP contribution in [0.5, 0.6) is 5.75 Å². The lowest BCUT2D eigenvalue weighted by molar-refractivity contribution is 0.0971. The van der Waals surface area contributed by atoms with E-state index in [1.807, 2.05) is 49.4 Å². The number of nitrogens with zero attached hydrogens (tertiary/aromatic N) is 2. The zero-order valence-corrected chi connectivity index (χ0v) is 19.7. The van der Waals surface area contributed by atoms with Gasteiger partial charge in [0, 0.05) is 5.02 Å². The fourth-order valence-corrected chi connectivity index (χ4v) is 5.65. The van der Waals surface area contributed by atoms with E-state index in [2.05, 4.69) is 0 Å². The van der Waals surface area contributed by atoms with Crippen LogP contribution in [0.15, 0.2) is 69.9 Å². The van der Waals surface area contributed by atoms with Gasteiger partial charge in [0.2, 0.25) is 5.76 Å². The number of rotatable bonds is 3. The van der Waals surface area contributed by atoms with E-state index in [0.717, 1.165) is 21.3 Å². The standard InChI is InChI=1S/C26H17ClN2O4S/c1-13-6-8-18-20(10-13)34-26(28-18)29-22(14-4-3-5-16(11-14)32-2)21-23(30)17-12-15(27)7-9-19(17)33-24(21)25(29)31/h3-12,22H,1-2H3. The SMILES string of the molecule is COc1cccc(C2c3c(oc4ccc(Cl)cc4c3=O)C(=O)N2c2nc3ccc(C)cc3s2)c1. The number of aryl methyl sites for hydroxylation is 1. The Hall–Kier alpha value is -3.68. The number of carbonyl (C=O) groups is 1. The van der Waals surface area contributed by atoms with Gasteiger partial charge in [0.05, 0.1) is 34.3 Å². The third-order valence-electron chi connectivity index (χ3n) is 5.98. The number of fused-ring (bicyclic) bond motifs is 3. The lowest BCUT2D eigenvalue weighted by atomic mass is 9.98. The van der Waals surface area contributed by atoms with Crippen molar-refractivity contribution in [2.24, 2.45) is 0 Å². The first-order valence-electron chi connectivity index (χ1n) is 10.6. The molecule has 168 valence electrons. The molecule has 8 heteroatoms. The van der Waals surface area contributed by atoms with Crippen LogP contribution >= 0.6 is 22.9 Å². The Morgan fingerprint density at radius 1 is 1.09 bits per heavy atom. The highest BCUT2D eigenvalue weighted by atomic mass is 35.5.